The van der Waals surface area contributed by atoms with Gasteiger partial charge < -0.3 is 10.4 Å². The number of halogens is 2. The number of nitrogens with one attached hydrogen (secondary N) is 1. The van der Waals surface area contributed by atoms with Crippen LogP contribution in [0.15, 0.2) is 22.7 Å². The van der Waals surface area contributed by atoms with Crippen molar-refractivity contribution in [3.05, 3.63) is 33.3 Å². The molecule has 0 saturated heterocycles. The van der Waals surface area contributed by atoms with Gasteiger partial charge in [0, 0.05) is 22.1 Å². The number of benzene rings is 1. The van der Waals surface area contributed by atoms with Gasteiger partial charge in [-0.05, 0) is 30.5 Å². The minimum absolute atomic E-state index is 0.108. The highest BCUT2D eigenvalue weighted by molar-refractivity contribution is 9.10. The fourth-order valence-electron chi connectivity index (χ4n) is 1.67. The van der Waals surface area contributed by atoms with Crippen LogP contribution in [0.1, 0.15) is 18.4 Å². The van der Waals surface area contributed by atoms with Crippen molar-refractivity contribution in [3.63, 3.8) is 0 Å². The summed E-state index contributed by atoms with van der Waals surface area (Å²) < 4.78 is 0.996. The van der Waals surface area contributed by atoms with Gasteiger partial charge in [0.2, 0.25) is 0 Å². The van der Waals surface area contributed by atoms with Crippen LogP contribution in [0.4, 0.5) is 0 Å². The standard InChI is InChI=1S/C11H13BrClNO/c12-8-2-1-7(11(13)3-8)6-14-9-4-10(15)5-9/h1-3,9-10,14-15H,4-6H2. The van der Waals surface area contributed by atoms with Crippen LogP contribution in [0.5, 0.6) is 0 Å². The van der Waals surface area contributed by atoms with E-state index < -0.39 is 0 Å². The number of hydrogen-bond acceptors (Lipinski definition) is 2. The Morgan fingerprint density at radius 1 is 1.47 bits per heavy atom. The molecule has 2 nitrogen and oxygen atoms in total. The molecule has 82 valence electrons. The molecule has 0 aromatic heterocycles. The molecule has 1 aliphatic rings. The van der Waals surface area contributed by atoms with E-state index in [9.17, 15) is 0 Å². The lowest BCUT2D eigenvalue weighted by Gasteiger charge is -2.32. The molecule has 1 aromatic carbocycles. The number of hydrogen-bond donors (Lipinski definition) is 2. The molecule has 1 fully saturated rings. The minimum atomic E-state index is -0.108. The maximum absolute atomic E-state index is 9.13. The van der Waals surface area contributed by atoms with Gasteiger partial charge in [-0.15, -0.1) is 0 Å². The third kappa shape index (κ3) is 2.94. The first-order valence-electron chi connectivity index (χ1n) is 5.00. The number of rotatable bonds is 3. The first-order chi connectivity index (χ1) is 7.15. The largest absolute Gasteiger partial charge is 0.393 e. The van der Waals surface area contributed by atoms with E-state index in [1.54, 1.807) is 0 Å². The van der Waals surface area contributed by atoms with Gasteiger partial charge in [-0.2, -0.15) is 0 Å². The van der Waals surface area contributed by atoms with Crippen molar-refractivity contribution >= 4 is 27.5 Å². The second-order valence-electron chi connectivity index (χ2n) is 3.94. The Hall–Kier alpha value is -0.0900. The summed E-state index contributed by atoms with van der Waals surface area (Å²) in [6.07, 6.45) is 1.60. The van der Waals surface area contributed by atoms with Gasteiger partial charge in [0.1, 0.15) is 0 Å². The fraction of sp³-hybridized carbons (Fsp3) is 0.455. The van der Waals surface area contributed by atoms with Crippen LogP contribution in [0.25, 0.3) is 0 Å². The van der Waals surface area contributed by atoms with Crippen LogP contribution in [-0.4, -0.2) is 17.3 Å². The molecule has 0 atom stereocenters. The minimum Gasteiger partial charge on any atom is -0.393 e. The average Bonchev–Trinajstić information content (AvgIpc) is 2.13. The zero-order chi connectivity index (χ0) is 10.8. The monoisotopic (exact) mass is 289 g/mol. The molecule has 15 heavy (non-hydrogen) atoms. The molecule has 0 bridgehead atoms. The van der Waals surface area contributed by atoms with Crippen molar-refractivity contribution < 1.29 is 5.11 Å². The average molecular weight is 291 g/mol. The van der Waals surface area contributed by atoms with Gasteiger partial charge in [0.05, 0.1) is 6.10 Å². The third-order valence-corrected chi connectivity index (χ3v) is 3.55. The zero-order valence-corrected chi connectivity index (χ0v) is 10.6. The SMILES string of the molecule is OC1CC(NCc2ccc(Br)cc2Cl)C1. The molecule has 1 aromatic rings. The molecule has 0 spiro atoms. The normalized spacial score (nSPS) is 25.0. The van der Waals surface area contributed by atoms with E-state index in [1.165, 1.54) is 0 Å². The van der Waals surface area contributed by atoms with E-state index in [4.69, 9.17) is 16.7 Å². The quantitative estimate of drug-likeness (QED) is 0.897. The summed E-state index contributed by atoms with van der Waals surface area (Å²) in [4.78, 5) is 0. The molecule has 1 aliphatic carbocycles. The molecule has 4 heteroatoms. The van der Waals surface area contributed by atoms with E-state index in [0.29, 0.717) is 6.04 Å². The highest BCUT2D eigenvalue weighted by Crippen LogP contribution is 2.23. The lowest BCUT2D eigenvalue weighted by Crippen LogP contribution is -2.43. The Labute approximate surface area is 103 Å². The second-order valence-corrected chi connectivity index (χ2v) is 5.26. The lowest BCUT2D eigenvalue weighted by molar-refractivity contribution is 0.0619. The third-order valence-electron chi connectivity index (χ3n) is 2.71. The van der Waals surface area contributed by atoms with Gasteiger partial charge in [-0.1, -0.05) is 33.6 Å². The maximum Gasteiger partial charge on any atom is 0.0570 e. The summed E-state index contributed by atoms with van der Waals surface area (Å²) in [6, 6.07) is 6.33. The molecular formula is C11H13BrClNO. The van der Waals surface area contributed by atoms with E-state index in [1.807, 2.05) is 18.2 Å². The predicted octanol–water partition coefficient (Wildman–Crippen LogP) is 2.72. The van der Waals surface area contributed by atoms with Crippen LogP contribution < -0.4 is 5.32 Å². The van der Waals surface area contributed by atoms with Crippen molar-refractivity contribution in [1.29, 1.82) is 0 Å². The summed E-state index contributed by atoms with van der Waals surface area (Å²) in [5, 5.41) is 13.3. The highest BCUT2D eigenvalue weighted by atomic mass is 79.9. The van der Waals surface area contributed by atoms with Crippen molar-refractivity contribution in [2.75, 3.05) is 0 Å². The van der Waals surface area contributed by atoms with E-state index in [-0.39, 0.29) is 6.10 Å². The highest BCUT2D eigenvalue weighted by Gasteiger charge is 2.26. The summed E-state index contributed by atoms with van der Waals surface area (Å²) in [5.41, 5.74) is 1.10. The molecular weight excluding hydrogens is 277 g/mol. The van der Waals surface area contributed by atoms with Crippen molar-refractivity contribution in [3.8, 4) is 0 Å². The summed E-state index contributed by atoms with van der Waals surface area (Å²) in [6.45, 7) is 0.767. The van der Waals surface area contributed by atoms with Crippen molar-refractivity contribution in [2.45, 2.75) is 31.5 Å². The van der Waals surface area contributed by atoms with Gasteiger partial charge in [0.15, 0.2) is 0 Å². The number of aliphatic hydroxyl groups excluding tert-OH is 1. The van der Waals surface area contributed by atoms with E-state index >= 15 is 0 Å². The summed E-state index contributed by atoms with van der Waals surface area (Å²) >= 11 is 9.45. The molecule has 0 aliphatic heterocycles. The Kier molecular flexibility index (Phi) is 3.67. The molecule has 0 radical (unpaired) electrons. The molecule has 0 amide bonds. The van der Waals surface area contributed by atoms with Gasteiger partial charge in [0.25, 0.3) is 0 Å². The Morgan fingerprint density at radius 2 is 2.20 bits per heavy atom. The fourth-order valence-corrected chi connectivity index (χ4v) is 2.41. The molecule has 1 saturated carbocycles. The Balaban J connectivity index is 1.88. The zero-order valence-electron chi connectivity index (χ0n) is 8.21. The van der Waals surface area contributed by atoms with Crippen LogP contribution >= 0.6 is 27.5 Å². The van der Waals surface area contributed by atoms with Crippen LogP contribution in [0.3, 0.4) is 0 Å². The van der Waals surface area contributed by atoms with Gasteiger partial charge >= 0.3 is 0 Å². The predicted molar refractivity (Wildman–Crippen MR) is 65.0 cm³/mol. The molecule has 2 N–H and O–H groups in total. The van der Waals surface area contributed by atoms with Crippen LogP contribution in [0.2, 0.25) is 5.02 Å². The summed E-state index contributed by atoms with van der Waals surface area (Å²) in [5.74, 6) is 0. The first kappa shape index (κ1) is 11.4. The van der Waals surface area contributed by atoms with E-state index in [2.05, 4.69) is 21.2 Å². The van der Waals surface area contributed by atoms with Crippen LogP contribution in [0, 0.1) is 0 Å². The van der Waals surface area contributed by atoms with Crippen molar-refractivity contribution in [1.82, 2.24) is 5.32 Å². The topological polar surface area (TPSA) is 32.3 Å². The molecule has 0 unspecified atom stereocenters. The van der Waals surface area contributed by atoms with Crippen molar-refractivity contribution in [2.24, 2.45) is 0 Å². The lowest BCUT2D eigenvalue weighted by atomic mass is 9.89. The summed E-state index contributed by atoms with van der Waals surface area (Å²) in [7, 11) is 0. The smallest absolute Gasteiger partial charge is 0.0570 e. The first-order valence-corrected chi connectivity index (χ1v) is 6.17. The Morgan fingerprint density at radius 3 is 2.80 bits per heavy atom. The maximum atomic E-state index is 9.13. The second kappa shape index (κ2) is 4.83. The van der Waals surface area contributed by atoms with Crippen LogP contribution in [-0.2, 0) is 6.54 Å². The molecule has 0 heterocycles. The van der Waals surface area contributed by atoms with Gasteiger partial charge in [-0.25, -0.2) is 0 Å². The Bertz CT molecular complexity index is 352. The van der Waals surface area contributed by atoms with Gasteiger partial charge in [-0.3, -0.25) is 0 Å². The number of aliphatic hydroxyl groups is 1. The molecule has 2 rings (SSSR count). The van der Waals surface area contributed by atoms with E-state index in [0.717, 1.165) is 34.4 Å².